The van der Waals surface area contributed by atoms with Gasteiger partial charge in [-0.3, -0.25) is 4.79 Å². The fraction of sp³-hybridized carbons (Fsp3) is 0.562. The minimum atomic E-state index is 0.0825. The normalized spacial score (nSPS) is 27.8. The molecule has 0 aliphatic heterocycles. The third kappa shape index (κ3) is 2.74. The van der Waals surface area contributed by atoms with E-state index in [1.54, 1.807) is 0 Å². The first-order valence-corrected chi connectivity index (χ1v) is 6.96. The molecule has 0 saturated heterocycles. The average Bonchev–Trinajstić information content (AvgIpc) is 2.35. The molecule has 2 nitrogen and oxygen atoms in total. The van der Waals surface area contributed by atoms with Crippen LogP contribution in [0.3, 0.4) is 0 Å². The van der Waals surface area contributed by atoms with E-state index in [0.29, 0.717) is 17.9 Å². The van der Waals surface area contributed by atoms with Crippen LogP contribution >= 0.6 is 0 Å². The predicted octanol–water partition coefficient (Wildman–Crippen LogP) is 3.55. The van der Waals surface area contributed by atoms with Crippen molar-refractivity contribution in [3.8, 4) is 0 Å². The number of hydrogen-bond donors (Lipinski definition) is 1. The van der Waals surface area contributed by atoms with Crippen molar-refractivity contribution in [3.05, 3.63) is 35.4 Å². The van der Waals surface area contributed by atoms with E-state index in [4.69, 9.17) is 0 Å². The molecule has 1 aromatic rings. The van der Waals surface area contributed by atoms with Gasteiger partial charge in [-0.25, -0.2) is 0 Å². The van der Waals surface area contributed by atoms with Crippen molar-refractivity contribution >= 4 is 5.91 Å². The molecular weight excluding hydrogens is 222 g/mol. The van der Waals surface area contributed by atoms with Crippen LogP contribution in [-0.2, 0) is 0 Å². The van der Waals surface area contributed by atoms with Gasteiger partial charge in [0.15, 0.2) is 0 Å². The number of benzene rings is 1. The maximum absolute atomic E-state index is 12.3. The Kier molecular flexibility index (Phi) is 4.05. The summed E-state index contributed by atoms with van der Waals surface area (Å²) in [7, 11) is 0. The molecule has 0 aromatic heterocycles. The number of amides is 1. The van der Waals surface area contributed by atoms with Gasteiger partial charge >= 0.3 is 0 Å². The third-order valence-corrected chi connectivity index (χ3v) is 4.41. The maximum Gasteiger partial charge on any atom is 0.251 e. The van der Waals surface area contributed by atoms with Crippen LogP contribution in [0.5, 0.6) is 0 Å². The molecule has 1 fully saturated rings. The highest BCUT2D eigenvalue weighted by Crippen LogP contribution is 2.29. The molecule has 0 heterocycles. The Labute approximate surface area is 110 Å². The fourth-order valence-corrected chi connectivity index (χ4v) is 2.86. The summed E-state index contributed by atoms with van der Waals surface area (Å²) in [4.78, 5) is 12.3. The largest absolute Gasteiger partial charge is 0.349 e. The lowest BCUT2D eigenvalue weighted by Crippen LogP contribution is -2.43. The monoisotopic (exact) mass is 245 g/mol. The molecule has 2 heteroatoms. The van der Waals surface area contributed by atoms with Crippen LogP contribution in [0.2, 0.25) is 0 Å². The molecule has 0 spiro atoms. The standard InChI is InChI=1S/C16H23NO/c1-11-8-6-10-15(13(11)3)17-16(18)14-9-5-4-7-12(14)2/h4-5,7,9,11,13,15H,6,8,10H2,1-3H3,(H,17,18)/t11-,13-,15-/m0/s1. The number of carbonyl (C=O) groups is 1. The Morgan fingerprint density at radius 3 is 2.67 bits per heavy atom. The zero-order valence-electron chi connectivity index (χ0n) is 11.6. The van der Waals surface area contributed by atoms with Crippen molar-refractivity contribution in [2.45, 2.75) is 46.1 Å². The van der Waals surface area contributed by atoms with Crippen molar-refractivity contribution in [2.75, 3.05) is 0 Å². The second-order valence-corrected chi connectivity index (χ2v) is 5.66. The first-order chi connectivity index (χ1) is 8.59. The topological polar surface area (TPSA) is 29.1 Å². The van der Waals surface area contributed by atoms with E-state index < -0.39 is 0 Å². The lowest BCUT2D eigenvalue weighted by molar-refractivity contribution is 0.0890. The second-order valence-electron chi connectivity index (χ2n) is 5.66. The summed E-state index contributed by atoms with van der Waals surface area (Å²) in [6.45, 7) is 6.53. The molecule has 3 atom stereocenters. The molecule has 98 valence electrons. The molecule has 1 aliphatic carbocycles. The van der Waals surface area contributed by atoms with Gasteiger partial charge < -0.3 is 5.32 Å². The van der Waals surface area contributed by atoms with Gasteiger partial charge in [0, 0.05) is 11.6 Å². The van der Waals surface area contributed by atoms with Gasteiger partial charge in [0.1, 0.15) is 0 Å². The fourth-order valence-electron chi connectivity index (χ4n) is 2.86. The molecule has 2 rings (SSSR count). The number of rotatable bonds is 2. The Bertz CT molecular complexity index is 427. The Morgan fingerprint density at radius 1 is 1.22 bits per heavy atom. The summed E-state index contributed by atoms with van der Waals surface area (Å²) in [6, 6.07) is 8.12. The summed E-state index contributed by atoms with van der Waals surface area (Å²) in [6.07, 6.45) is 3.63. The Balaban J connectivity index is 2.05. The highest BCUT2D eigenvalue weighted by atomic mass is 16.1. The van der Waals surface area contributed by atoms with Crippen molar-refractivity contribution < 1.29 is 4.79 Å². The number of nitrogens with one attached hydrogen (secondary N) is 1. The van der Waals surface area contributed by atoms with Crippen LogP contribution in [0, 0.1) is 18.8 Å². The molecule has 0 radical (unpaired) electrons. The molecule has 1 saturated carbocycles. The quantitative estimate of drug-likeness (QED) is 0.848. The molecule has 1 aromatic carbocycles. The van der Waals surface area contributed by atoms with Crippen molar-refractivity contribution in [2.24, 2.45) is 11.8 Å². The predicted molar refractivity (Wildman–Crippen MR) is 74.6 cm³/mol. The van der Waals surface area contributed by atoms with E-state index in [9.17, 15) is 4.79 Å². The zero-order valence-corrected chi connectivity index (χ0v) is 11.6. The summed E-state index contributed by atoms with van der Waals surface area (Å²) in [5, 5.41) is 3.22. The SMILES string of the molecule is Cc1ccccc1C(=O)N[C@H]1CCC[C@H](C)[C@@H]1C. The van der Waals surface area contributed by atoms with Crippen LogP contribution in [0.1, 0.15) is 49.0 Å². The number of aryl methyl sites for hydroxylation is 1. The molecule has 18 heavy (non-hydrogen) atoms. The minimum Gasteiger partial charge on any atom is -0.349 e. The third-order valence-electron chi connectivity index (χ3n) is 4.41. The molecule has 0 bridgehead atoms. The molecule has 1 N–H and O–H groups in total. The average molecular weight is 245 g/mol. The summed E-state index contributed by atoms with van der Waals surface area (Å²) < 4.78 is 0. The van der Waals surface area contributed by atoms with Crippen molar-refractivity contribution in [1.82, 2.24) is 5.32 Å². The minimum absolute atomic E-state index is 0.0825. The molecule has 1 aliphatic rings. The van der Waals surface area contributed by atoms with Gasteiger partial charge in [-0.05, 0) is 36.8 Å². The van der Waals surface area contributed by atoms with Gasteiger partial charge in [0.25, 0.3) is 5.91 Å². The van der Waals surface area contributed by atoms with Crippen LogP contribution in [-0.4, -0.2) is 11.9 Å². The summed E-state index contributed by atoms with van der Waals surface area (Å²) in [5.74, 6) is 1.37. The smallest absolute Gasteiger partial charge is 0.251 e. The Morgan fingerprint density at radius 2 is 1.94 bits per heavy atom. The van der Waals surface area contributed by atoms with Crippen LogP contribution in [0.15, 0.2) is 24.3 Å². The van der Waals surface area contributed by atoms with Gasteiger partial charge in [-0.1, -0.05) is 44.9 Å². The number of hydrogen-bond acceptors (Lipinski definition) is 1. The van der Waals surface area contributed by atoms with Crippen LogP contribution in [0.4, 0.5) is 0 Å². The van der Waals surface area contributed by atoms with Gasteiger partial charge in [-0.2, -0.15) is 0 Å². The zero-order chi connectivity index (χ0) is 13.1. The molecular formula is C16H23NO. The van der Waals surface area contributed by atoms with E-state index in [-0.39, 0.29) is 5.91 Å². The molecule has 0 unspecified atom stereocenters. The Hall–Kier alpha value is -1.31. The van der Waals surface area contributed by atoms with E-state index >= 15 is 0 Å². The van der Waals surface area contributed by atoms with E-state index in [0.717, 1.165) is 17.5 Å². The summed E-state index contributed by atoms with van der Waals surface area (Å²) in [5.41, 5.74) is 1.86. The highest BCUT2D eigenvalue weighted by molar-refractivity contribution is 5.95. The lowest BCUT2D eigenvalue weighted by Gasteiger charge is -2.34. The highest BCUT2D eigenvalue weighted by Gasteiger charge is 2.28. The van der Waals surface area contributed by atoms with Crippen LogP contribution < -0.4 is 5.32 Å². The maximum atomic E-state index is 12.3. The second kappa shape index (κ2) is 5.55. The van der Waals surface area contributed by atoms with Crippen molar-refractivity contribution in [1.29, 1.82) is 0 Å². The summed E-state index contributed by atoms with van der Waals surface area (Å²) >= 11 is 0. The van der Waals surface area contributed by atoms with Crippen molar-refractivity contribution in [3.63, 3.8) is 0 Å². The first-order valence-electron chi connectivity index (χ1n) is 6.96. The van der Waals surface area contributed by atoms with E-state index in [1.807, 2.05) is 31.2 Å². The van der Waals surface area contributed by atoms with Gasteiger partial charge in [-0.15, -0.1) is 0 Å². The van der Waals surface area contributed by atoms with Crippen LogP contribution in [0.25, 0.3) is 0 Å². The number of carbonyl (C=O) groups excluding carboxylic acids is 1. The van der Waals surface area contributed by atoms with E-state index in [2.05, 4.69) is 19.2 Å². The van der Waals surface area contributed by atoms with Gasteiger partial charge in [0.2, 0.25) is 0 Å². The molecule has 1 amide bonds. The van der Waals surface area contributed by atoms with Gasteiger partial charge in [0.05, 0.1) is 0 Å². The van der Waals surface area contributed by atoms with E-state index in [1.165, 1.54) is 12.8 Å². The first kappa shape index (κ1) is 13.1. The lowest BCUT2D eigenvalue weighted by atomic mass is 9.78.